The zero-order valence-electron chi connectivity index (χ0n) is 13.4. The summed E-state index contributed by atoms with van der Waals surface area (Å²) in [7, 11) is 0. The molecule has 21 heavy (non-hydrogen) atoms. The van der Waals surface area contributed by atoms with Gasteiger partial charge in [0, 0.05) is 0 Å². The molecule has 0 aliphatic carbocycles. The van der Waals surface area contributed by atoms with Crippen LogP contribution in [0.15, 0.2) is 24.3 Å². The van der Waals surface area contributed by atoms with E-state index >= 15 is 0 Å². The summed E-state index contributed by atoms with van der Waals surface area (Å²) in [6.07, 6.45) is 1.10. The first-order valence-corrected chi connectivity index (χ1v) is 7.93. The Labute approximate surface area is 127 Å². The molecule has 4 atom stereocenters. The molecule has 2 bridgehead atoms. The van der Waals surface area contributed by atoms with Crippen LogP contribution in [-0.4, -0.2) is 28.5 Å². The van der Waals surface area contributed by atoms with Crippen LogP contribution in [-0.2, 0) is 16.1 Å². The van der Waals surface area contributed by atoms with E-state index in [2.05, 4.69) is 39.8 Å². The Hall–Kier alpha value is -0.900. The molecule has 0 radical (unpaired) electrons. The molecular weight excluding hydrogens is 264 g/mol. The first-order chi connectivity index (χ1) is 9.89. The lowest BCUT2D eigenvalue weighted by atomic mass is 9.73. The Bertz CT molecular complexity index is 527. The van der Waals surface area contributed by atoms with Gasteiger partial charge in [-0.3, -0.25) is 0 Å². The van der Waals surface area contributed by atoms with Crippen molar-refractivity contribution in [1.29, 1.82) is 0 Å². The number of benzene rings is 1. The van der Waals surface area contributed by atoms with Crippen molar-refractivity contribution in [2.24, 2.45) is 5.92 Å². The molecule has 1 aromatic carbocycles. The first-order valence-electron chi connectivity index (χ1n) is 7.93. The van der Waals surface area contributed by atoms with Crippen molar-refractivity contribution in [3.63, 3.8) is 0 Å². The van der Waals surface area contributed by atoms with Crippen LogP contribution in [0.1, 0.15) is 44.7 Å². The summed E-state index contributed by atoms with van der Waals surface area (Å²) < 4.78 is 12.4. The van der Waals surface area contributed by atoms with Crippen LogP contribution in [0.5, 0.6) is 0 Å². The van der Waals surface area contributed by atoms with Crippen molar-refractivity contribution in [1.82, 2.24) is 0 Å². The molecule has 2 aliphatic rings. The molecule has 0 amide bonds. The lowest BCUT2D eigenvalue weighted by Gasteiger charge is -2.36. The molecule has 1 aromatic rings. The minimum absolute atomic E-state index is 0.242. The highest BCUT2D eigenvalue weighted by molar-refractivity contribution is 5.25. The van der Waals surface area contributed by atoms with Crippen LogP contribution >= 0.6 is 0 Å². The number of aliphatic hydroxyl groups excluding tert-OH is 1. The summed E-state index contributed by atoms with van der Waals surface area (Å²) in [5, 5.41) is 10.8. The highest BCUT2D eigenvalue weighted by atomic mass is 16.6. The topological polar surface area (TPSA) is 38.7 Å². The predicted octanol–water partition coefficient (Wildman–Crippen LogP) is 3.22. The molecule has 0 aromatic heterocycles. The lowest BCUT2D eigenvalue weighted by molar-refractivity contribution is -0.0979. The van der Waals surface area contributed by atoms with Gasteiger partial charge in [-0.1, -0.05) is 38.1 Å². The van der Waals surface area contributed by atoms with Crippen molar-refractivity contribution in [2.45, 2.75) is 70.6 Å². The Morgan fingerprint density at radius 2 is 2.05 bits per heavy atom. The fourth-order valence-corrected chi connectivity index (χ4v) is 3.95. The van der Waals surface area contributed by atoms with Crippen molar-refractivity contribution in [2.75, 3.05) is 0 Å². The van der Waals surface area contributed by atoms with Crippen molar-refractivity contribution < 1.29 is 14.6 Å². The fourth-order valence-electron chi connectivity index (χ4n) is 3.95. The van der Waals surface area contributed by atoms with Gasteiger partial charge in [0.2, 0.25) is 0 Å². The summed E-state index contributed by atoms with van der Waals surface area (Å²) >= 11 is 0. The second-order valence-corrected chi connectivity index (χ2v) is 7.13. The maximum Gasteiger partial charge on any atom is 0.115 e. The molecule has 0 spiro atoms. The molecule has 3 rings (SSSR count). The normalized spacial score (nSPS) is 38.4. The summed E-state index contributed by atoms with van der Waals surface area (Å²) in [4.78, 5) is 0. The van der Waals surface area contributed by atoms with Crippen molar-refractivity contribution in [3.05, 3.63) is 35.4 Å². The first kappa shape index (κ1) is 15.0. The fraction of sp³-hybridized carbons (Fsp3) is 0.667. The zero-order chi connectivity index (χ0) is 15.3. The van der Waals surface area contributed by atoms with E-state index in [-0.39, 0.29) is 11.7 Å². The Morgan fingerprint density at radius 1 is 1.33 bits per heavy atom. The summed E-state index contributed by atoms with van der Waals surface area (Å²) in [6, 6.07) is 8.22. The smallest absolute Gasteiger partial charge is 0.115 e. The monoisotopic (exact) mass is 290 g/mol. The third kappa shape index (κ3) is 2.23. The molecule has 3 nitrogen and oxygen atoms in total. The van der Waals surface area contributed by atoms with Crippen molar-refractivity contribution >= 4 is 0 Å². The number of fused-ring (bicyclic) bond motifs is 2. The third-order valence-electron chi connectivity index (χ3n) is 5.48. The molecule has 2 fully saturated rings. The van der Waals surface area contributed by atoms with E-state index in [4.69, 9.17) is 9.47 Å². The van der Waals surface area contributed by atoms with Gasteiger partial charge in [-0.2, -0.15) is 0 Å². The van der Waals surface area contributed by atoms with Gasteiger partial charge in [0.1, 0.15) is 12.2 Å². The molecule has 0 unspecified atom stereocenters. The molecule has 2 heterocycles. The summed E-state index contributed by atoms with van der Waals surface area (Å²) in [5.41, 5.74) is 1.62. The van der Waals surface area contributed by atoms with Gasteiger partial charge in [-0.15, -0.1) is 0 Å². The van der Waals surface area contributed by atoms with Gasteiger partial charge in [-0.05, 0) is 43.7 Å². The summed E-state index contributed by atoms with van der Waals surface area (Å²) in [6.45, 7) is 8.94. The van der Waals surface area contributed by atoms with Gasteiger partial charge >= 0.3 is 0 Å². The average molecular weight is 290 g/mol. The van der Waals surface area contributed by atoms with E-state index in [1.165, 1.54) is 11.1 Å². The maximum absolute atomic E-state index is 10.8. The molecule has 1 N–H and O–H groups in total. The highest BCUT2D eigenvalue weighted by Gasteiger charge is 2.66. The van der Waals surface area contributed by atoms with Gasteiger partial charge in [0.15, 0.2) is 0 Å². The number of ether oxygens (including phenoxy) is 2. The average Bonchev–Trinajstić information content (AvgIpc) is 2.90. The van der Waals surface area contributed by atoms with Gasteiger partial charge in [0.25, 0.3) is 0 Å². The van der Waals surface area contributed by atoms with Gasteiger partial charge in [-0.25, -0.2) is 0 Å². The molecular formula is C18H26O3. The Balaban J connectivity index is 1.76. The van der Waals surface area contributed by atoms with E-state index in [1.54, 1.807) is 0 Å². The van der Waals surface area contributed by atoms with Crippen LogP contribution < -0.4 is 0 Å². The van der Waals surface area contributed by atoms with Crippen LogP contribution in [0.2, 0.25) is 0 Å². The second-order valence-electron chi connectivity index (χ2n) is 7.13. The number of aliphatic hydroxyl groups is 1. The van der Waals surface area contributed by atoms with Gasteiger partial charge in [0.05, 0.1) is 17.8 Å². The minimum atomic E-state index is -0.541. The maximum atomic E-state index is 10.8. The quantitative estimate of drug-likeness (QED) is 0.925. The molecule has 2 saturated heterocycles. The van der Waals surface area contributed by atoms with Crippen LogP contribution in [0.3, 0.4) is 0 Å². The summed E-state index contributed by atoms with van der Waals surface area (Å²) in [5.74, 6) is 0.293. The molecule has 116 valence electrons. The predicted molar refractivity (Wildman–Crippen MR) is 82.1 cm³/mol. The standard InChI is InChI=1S/C18H26O3/c1-12(2)18-10-9-17(4,21-18)16(15(18)19)20-11-14-8-6-5-7-13(14)3/h5-8,12,15-16,19H,9-11H2,1-4H3/t15-,16-,17+,18+/m1/s1. The van der Waals surface area contributed by atoms with E-state index in [0.29, 0.717) is 12.5 Å². The van der Waals surface area contributed by atoms with Crippen LogP contribution in [0, 0.1) is 12.8 Å². The second kappa shape index (κ2) is 5.08. The third-order valence-corrected chi connectivity index (χ3v) is 5.48. The number of hydrogen-bond acceptors (Lipinski definition) is 3. The number of hydrogen-bond donors (Lipinski definition) is 1. The number of aryl methyl sites for hydroxylation is 1. The van der Waals surface area contributed by atoms with Crippen molar-refractivity contribution in [3.8, 4) is 0 Å². The minimum Gasteiger partial charge on any atom is -0.387 e. The lowest BCUT2D eigenvalue weighted by Crippen LogP contribution is -2.51. The van der Waals surface area contributed by atoms with E-state index in [0.717, 1.165) is 12.8 Å². The van der Waals surface area contributed by atoms with Gasteiger partial charge < -0.3 is 14.6 Å². The zero-order valence-corrected chi connectivity index (χ0v) is 13.4. The largest absolute Gasteiger partial charge is 0.387 e. The number of rotatable bonds is 4. The highest BCUT2D eigenvalue weighted by Crippen LogP contribution is 2.55. The Kier molecular flexibility index (Phi) is 3.63. The molecule has 2 aliphatic heterocycles. The van der Waals surface area contributed by atoms with Crippen LogP contribution in [0.4, 0.5) is 0 Å². The SMILES string of the molecule is Cc1ccccc1CO[C@@H]1[C@@H](O)[C@@]2(C(C)C)CC[C@]1(C)O2. The molecule has 3 heteroatoms. The Morgan fingerprint density at radius 3 is 2.67 bits per heavy atom. The van der Waals surface area contributed by atoms with E-state index in [9.17, 15) is 5.11 Å². The van der Waals surface area contributed by atoms with E-state index < -0.39 is 11.7 Å². The van der Waals surface area contributed by atoms with E-state index in [1.807, 2.05) is 12.1 Å². The van der Waals surface area contributed by atoms with Crippen LogP contribution in [0.25, 0.3) is 0 Å². The molecule has 0 saturated carbocycles.